The summed E-state index contributed by atoms with van der Waals surface area (Å²) >= 11 is 0. The van der Waals surface area contributed by atoms with E-state index in [0.29, 0.717) is 5.92 Å². The topological polar surface area (TPSA) is 15.3 Å². The highest BCUT2D eigenvalue weighted by molar-refractivity contribution is 5.25. The molecule has 1 saturated carbocycles. The van der Waals surface area contributed by atoms with E-state index in [9.17, 15) is 0 Å². The number of nitrogens with one attached hydrogen (secondary N) is 1. The van der Waals surface area contributed by atoms with Gasteiger partial charge in [0.15, 0.2) is 0 Å². The lowest BCUT2D eigenvalue weighted by Crippen LogP contribution is -2.25. The van der Waals surface area contributed by atoms with Crippen LogP contribution >= 0.6 is 0 Å². The quantitative estimate of drug-likeness (QED) is 0.740. The molecular weight excluding hydrogens is 244 g/mol. The number of hydrogen-bond acceptors (Lipinski definition) is 2. The molecule has 1 aliphatic carbocycles. The third-order valence-corrected chi connectivity index (χ3v) is 4.32. The van der Waals surface area contributed by atoms with Gasteiger partial charge in [-0.3, -0.25) is 4.90 Å². The van der Waals surface area contributed by atoms with Crippen molar-refractivity contribution in [3.05, 3.63) is 35.4 Å². The molecule has 20 heavy (non-hydrogen) atoms. The molecule has 0 radical (unpaired) electrons. The third-order valence-electron chi connectivity index (χ3n) is 4.32. The van der Waals surface area contributed by atoms with Crippen LogP contribution < -0.4 is 5.32 Å². The van der Waals surface area contributed by atoms with Crippen molar-refractivity contribution in [2.75, 3.05) is 26.2 Å². The predicted octanol–water partition coefficient (Wildman–Crippen LogP) is 3.63. The first-order valence-electron chi connectivity index (χ1n) is 8.24. The number of likely N-dealkylation sites (N-methyl/N-ethyl adjacent to an activating group) is 1. The van der Waals surface area contributed by atoms with Crippen molar-refractivity contribution in [2.24, 2.45) is 5.92 Å². The highest BCUT2D eigenvalue weighted by atomic mass is 15.1. The monoisotopic (exact) mass is 274 g/mol. The first-order chi connectivity index (χ1) is 9.72. The zero-order chi connectivity index (χ0) is 14.4. The van der Waals surface area contributed by atoms with Crippen LogP contribution in [0.2, 0.25) is 0 Å². The smallest absolute Gasteiger partial charge is 0.0233 e. The van der Waals surface area contributed by atoms with Crippen molar-refractivity contribution < 1.29 is 0 Å². The molecule has 0 bridgehead atoms. The minimum Gasteiger partial charge on any atom is -0.316 e. The maximum absolute atomic E-state index is 3.42. The average molecular weight is 274 g/mol. The molecule has 1 aliphatic rings. The van der Waals surface area contributed by atoms with Crippen LogP contribution in [0.5, 0.6) is 0 Å². The van der Waals surface area contributed by atoms with Crippen LogP contribution in [0.3, 0.4) is 0 Å². The Morgan fingerprint density at radius 3 is 2.45 bits per heavy atom. The van der Waals surface area contributed by atoms with E-state index >= 15 is 0 Å². The van der Waals surface area contributed by atoms with Crippen molar-refractivity contribution in [1.29, 1.82) is 0 Å². The van der Waals surface area contributed by atoms with Crippen LogP contribution in [-0.4, -0.2) is 31.1 Å². The summed E-state index contributed by atoms with van der Waals surface area (Å²) in [6.07, 6.45) is 2.88. The first kappa shape index (κ1) is 15.5. The highest BCUT2D eigenvalue weighted by Gasteiger charge is 2.23. The molecule has 1 fully saturated rings. The Bertz CT molecular complexity index is 381. The standard InChI is InChI=1S/C18H30N2/c1-4-19-12-15(3)18-10-8-17(9-11-18)14-20(5-2)13-16-6-7-16/h8-11,15-16,19H,4-7,12-14H2,1-3H3. The summed E-state index contributed by atoms with van der Waals surface area (Å²) in [5.74, 6) is 1.58. The second kappa shape index (κ2) is 7.80. The second-order valence-corrected chi connectivity index (χ2v) is 6.22. The molecule has 0 amide bonds. The molecule has 2 rings (SSSR count). The van der Waals surface area contributed by atoms with E-state index < -0.39 is 0 Å². The van der Waals surface area contributed by atoms with Crippen molar-refractivity contribution in [3.8, 4) is 0 Å². The minimum atomic E-state index is 0.595. The average Bonchev–Trinajstić information content (AvgIpc) is 3.28. The van der Waals surface area contributed by atoms with E-state index in [1.165, 1.54) is 30.5 Å². The maximum atomic E-state index is 3.42. The van der Waals surface area contributed by atoms with Crippen LogP contribution in [0.15, 0.2) is 24.3 Å². The first-order valence-corrected chi connectivity index (χ1v) is 8.24. The van der Waals surface area contributed by atoms with E-state index in [2.05, 4.69) is 55.3 Å². The van der Waals surface area contributed by atoms with E-state index in [1.54, 1.807) is 0 Å². The fourth-order valence-electron chi connectivity index (χ4n) is 2.66. The van der Waals surface area contributed by atoms with E-state index in [4.69, 9.17) is 0 Å². The molecule has 112 valence electrons. The summed E-state index contributed by atoms with van der Waals surface area (Å²) in [4.78, 5) is 2.58. The zero-order valence-electron chi connectivity index (χ0n) is 13.4. The van der Waals surface area contributed by atoms with Gasteiger partial charge in [-0.25, -0.2) is 0 Å². The Hall–Kier alpha value is -0.860. The van der Waals surface area contributed by atoms with E-state index in [1.807, 2.05) is 0 Å². The molecule has 1 unspecified atom stereocenters. The van der Waals surface area contributed by atoms with Crippen molar-refractivity contribution >= 4 is 0 Å². The van der Waals surface area contributed by atoms with Gasteiger partial charge in [0.2, 0.25) is 0 Å². The van der Waals surface area contributed by atoms with Crippen molar-refractivity contribution in [1.82, 2.24) is 10.2 Å². The number of nitrogens with zero attached hydrogens (tertiary/aromatic N) is 1. The normalized spacial score (nSPS) is 16.6. The van der Waals surface area contributed by atoms with Gasteiger partial charge in [-0.15, -0.1) is 0 Å². The molecule has 0 heterocycles. The Labute approximate surface area is 124 Å². The number of hydrogen-bond donors (Lipinski definition) is 1. The number of rotatable bonds is 9. The molecule has 0 aliphatic heterocycles. The summed E-state index contributed by atoms with van der Waals surface area (Å²) in [6.45, 7) is 12.4. The van der Waals surface area contributed by atoms with E-state index in [0.717, 1.165) is 32.1 Å². The molecule has 2 heteroatoms. The van der Waals surface area contributed by atoms with Crippen molar-refractivity contribution in [3.63, 3.8) is 0 Å². The van der Waals surface area contributed by atoms with Gasteiger partial charge in [0.1, 0.15) is 0 Å². The third kappa shape index (κ3) is 4.92. The molecule has 1 N–H and O–H groups in total. The van der Waals surface area contributed by atoms with Gasteiger partial charge < -0.3 is 5.32 Å². The largest absolute Gasteiger partial charge is 0.316 e. The SMILES string of the molecule is CCNCC(C)c1ccc(CN(CC)CC2CC2)cc1. The molecule has 2 nitrogen and oxygen atoms in total. The van der Waals surface area contributed by atoms with Gasteiger partial charge in [0.05, 0.1) is 0 Å². The molecular formula is C18H30N2. The predicted molar refractivity (Wildman–Crippen MR) is 87.1 cm³/mol. The van der Waals surface area contributed by atoms with Crippen molar-refractivity contribution in [2.45, 2.75) is 46.1 Å². The van der Waals surface area contributed by atoms with Gasteiger partial charge in [-0.05, 0) is 48.9 Å². The summed E-state index contributed by atoms with van der Waals surface area (Å²) in [7, 11) is 0. The van der Waals surface area contributed by atoms with Gasteiger partial charge in [-0.2, -0.15) is 0 Å². The molecule has 1 atom stereocenters. The lowest BCUT2D eigenvalue weighted by atomic mass is 9.99. The summed E-state index contributed by atoms with van der Waals surface area (Å²) < 4.78 is 0. The fraction of sp³-hybridized carbons (Fsp3) is 0.667. The van der Waals surface area contributed by atoms with Crippen LogP contribution in [0, 0.1) is 5.92 Å². The lowest BCUT2D eigenvalue weighted by Gasteiger charge is -2.20. The van der Waals surface area contributed by atoms with Gasteiger partial charge in [0.25, 0.3) is 0 Å². The minimum absolute atomic E-state index is 0.595. The Morgan fingerprint density at radius 1 is 1.20 bits per heavy atom. The highest BCUT2D eigenvalue weighted by Crippen LogP contribution is 2.30. The fourth-order valence-corrected chi connectivity index (χ4v) is 2.66. The van der Waals surface area contributed by atoms with Crippen LogP contribution in [0.4, 0.5) is 0 Å². The molecule has 1 aromatic carbocycles. The second-order valence-electron chi connectivity index (χ2n) is 6.22. The zero-order valence-corrected chi connectivity index (χ0v) is 13.4. The van der Waals surface area contributed by atoms with Gasteiger partial charge in [-0.1, -0.05) is 45.0 Å². The molecule has 1 aromatic rings. The Balaban J connectivity index is 1.86. The molecule has 0 saturated heterocycles. The van der Waals surface area contributed by atoms with Crippen LogP contribution in [0.25, 0.3) is 0 Å². The summed E-state index contributed by atoms with van der Waals surface area (Å²) in [5, 5.41) is 3.42. The maximum Gasteiger partial charge on any atom is 0.0233 e. The summed E-state index contributed by atoms with van der Waals surface area (Å²) in [6, 6.07) is 9.24. The van der Waals surface area contributed by atoms with Crippen LogP contribution in [0.1, 0.15) is 50.7 Å². The number of benzene rings is 1. The Morgan fingerprint density at radius 2 is 1.90 bits per heavy atom. The van der Waals surface area contributed by atoms with Gasteiger partial charge in [0, 0.05) is 19.6 Å². The van der Waals surface area contributed by atoms with Gasteiger partial charge >= 0.3 is 0 Å². The molecule has 0 spiro atoms. The Kier molecular flexibility index (Phi) is 6.06. The van der Waals surface area contributed by atoms with Crippen LogP contribution in [-0.2, 0) is 6.54 Å². The lowest BCUT2D eigenvalue weighted by molar-refractivity contribution is 0.268. The summed E-state index contributed by atoms with van der Waals surface area (Å²) in [5.41, 5.74) is 2.90. The molecule has 0 aromatic heterocycles. The van der Waals surface area contributed by atoms with E-state index in [-0.39, 0.29) is 0 Å².